The van der Waals surface area contributed by atoms with Gasteiger partial charge >= 0.3 is 0 Å². The maximum atomic E-state index is 12.4. The Bertz CT molecular complexity index is 1040. The lowest BCUT2D eigenvalue weighted by atomic mass is 9.89. The first-order valence-corrected chi connectivity index (χ1v) is 12.0. The molecule has 0 heterocycles. The average molecular weight is 433 g/mol. The lowest BCUT2D eigenvalue weighted by Crippen LogP contribution is -2.26. The van der Waals surface area contributed by atoms with Crippen LogP contribution in [0.5, 0.6) is 5.75 Å². The van der Waals surface area contributed by atoms with E-state index in [2.05, 4.69) is 69.3 Å². The third-order valence-corrected chi connectivity index (χ3v) is 8.65. The monoisotopic (exact) mass is 432 g/mol. The minimum absolute atomic E-state index is 0.0750. The third kappa shape index (κ3) is 4.91. The van der Waals surface area contributed by atoms with Crippen molar-refractivity contribution in [3.63, 3.8) is 0 Å². The van der Waals surface area contributed by atoms with Crippen molar-refractivity contribution in [1.29, 1.82) is 0 Å². The number of ether oxygens (including phenoxy) is 1. The number of benzene rings is 3. The number of hydrogen-bond donors (Lipinski definition) is 0. The zero-order valence-electron chi connectivity index (χ0n) is 19.3. The fourth-order valence-electron chi connectivity index (χ4n) is 4.40. The third-order valence-electron chi connectivity index (χ3n) is 6.28. The number of aryl methyl sites for hydroxylation is 1. The molecule has 0 aromatic heterocycles. The second-order valence-electron chi connectivity index (χ2n) is 8.13. The van der Waals surface area contributed by atoms with Gasteiger partial charge in [-0.3, -0.25) is 4.79 Å². The average Bonchev–Trinajstić information content (AvgIpc) is 2.79. The summed E-state index contributed by atoms with van der Waals surface area (Å²) in [6.07, 6.45) is 2.81. The van der Waals surface area contributed by atoms with Crippen LogP contribution in [0.3, 0.4) is 0 Å². The fraction of sp³-hybridized carbons (Fsp3) is 0.321. The Morgan fingerprint density at radius 3 is 2.23 bits per heavy atom. The Kier molecular flexibility index (Phi) is 7.68. The molecule has 0 bridgehead atoms. The maximum Gasteiger partial charge on any atom is 0.160 e. The van der Waals surface area contributed by atoms with Crippen LogP contribution in [0, 0.1) is 6.92 Å². The van der Waals surface area contributed by atoms with Crippen molar-refractivity contribution in [3.05, 3.63) is 94.5 Å². The summed E-state index contributed by atoms with van der Waals surface area (Å²) in [5, 5.41) is 1.11. The van der Waals surface area contributed by atoms with E-state index in [9.17, 15) is 4.79 Å². The molecule has 0 aliphatic carbocycles. The number of rotatable bonds is 9. The second kappa shape index (κ2) is 10.2. The van der Waals surface area contributed by atoms with Crippen LogP contribution >= 0.6 is 8.58 Å². The van der Waals surface area contributed by atoms with Crippen LogP contribution < -0.4 is 10.0 Å². The Morgan fingerprint density at radius 1 is 0.935 bits per heavy atom. The van der Waals surface area contributed by atoms with Crippen LogP contribution in [0.1, 0.15) is 66.2 Å². The van der Waals surface area contributed by atoms with Crippen LogP contribution in [0.4, 0.5) is 0 Å². The van der Waals surface area contributed by atoms with Crippen LogP contribution in [0.15, 0.2) is 66.7 Å². The molecule has 0 saturated carbocycles. The number of Topliss-reactive ketones (excluding diaryl/α,β-unsaturated/α-hetero) is 1. The van der Waals surface area contributed by atoms with E-state index in [0.29, 0.717) is 8.58 Å². The largest absolute Gasteiger partial charge is 0.496 e. The molecule has 0 spiro atoms. The lowest BCUT2D eigenvalue weighted by Gasteiger charge is -2.35. The molecule has 3 heteroatoms. The summed E-state index contributed by atoms with van der Waals surface area (Å²) < 4.78 is 6.04. The molecule has 0 aliphatic rings. The minimum atomic E-state index is -0.0750. The molecule has 162 valence electrons. The number of methoxy groups -OCH3 is 1. The molecule has 0 amide bonds. The summed E-state index contributed by atoms with van der Waals surface area (Å²) in [4.78, 5) is 12.4. The lowest BCUT2D eigenvalue weighted by molar-refractivity contribution is 0.101. The van der Waals surface area contributed by atoms with Gasteiger partial charge < -0.3 is 4.74 Å². The Balaban J connectivity index is 2.11. The number of ketones is 1. The van der Waals surface area contributed by atoms with Crippen LogP contribution in [0.2, 0.25) is 0 Å². The summed E-state index contributed by atoms with van der Waals surface area (Å²) in [6.45, 7) is 8.30. The van der Waals surface area contributed by atoms with Crippen molar-refractivity contribution in [3.8, 4) is 5.75 Å². The van der Waals surface area contributed by atoms with Gasteiger partial charge in [-0.2, -0.15) is 0 Å². The number of hydrogen-bond acceptors (Lipinski definition) is 2. The molecule has 1 atom stereocenters. The van der Waals surface area contributed by atoms with Crippen molar-refractivity contribution in [2.45, 2.75) is 52.1 Å². The molecule has 0 N–H and O–H groups in total. The zero-order valence-corrected chi connectivity index (χ0v) is 20.3. The molecular weight excluding hydrogens is 399 g/mol. The molecule has 0 saturated heterocycles. The minimum Gasteiger partial charge on any atom is -0.496 e. The first kappa shape index (κ1) is 23.2. The van der Waals surface area contributed by atoms with Gasteiger partial charge in [0.2, 0.25) is 0 Å². The standard InChI is InChI=1S/C28H33O2P/c1-6-28(7-2,31-27-20(3)13-11-17-24(27)21(4)29)25-18-12-16-23(26(25)30-5)19-22-14-9-8-10-15-22/h8-18,31H,6-7,19H2,1-5H3. The topological polar surface area (TPSA) is 26.3 Å². The highest BCUT2D eigenvalue weighted by atomic mass is 31.1. The van der Waals surface area contributed by atoms with Gasteiger partial charge in [0.1, 0.15) is 5.75 Å². The molecule has 2 nitrogen and oxygen atoms in total. The number of carbonyl (C=O) groups is 1. The molecule has 3 aromatic rings. The van der Waals surface area contributed by atoms with Crippen molar-refractivity contribution in [1.82, 2.24) is 0 Å². The summed E-state index contributed by atoms with van der Waals surface area (Å²) in [5.41, 5.74) is 5.78. The molecule has 31 heavy (non-hydrogen) atoms. The van der Waals surface area contributed by atoms with Gasteiger partial charge in [-0.1, -0.05) is 89.2 Å². The summed E-state index contributed by atoms with van der Waals surface area (Å²) in [5.74, 6) is 1.12. The molecular formula is C28H33O2P. The van der Waals surface area contributed by atoms with Crippen molar-refractivity contribution >= 4 is 19.7 Å². The predicted octanol–water partition coefficient (Wildman–Crippen LogP) is 6.82. The number of para-hydroxylation sites is 1. The number of carbonyl (C=O) groups excluding carboxylic acids is 1. The zero-order chi connectivity index (χ0) is 22.4. The van der Waals surface area contributed by atoms with Crippen LogP contribution in [0.25, 0.3) is 0 Å². The second-order valence-corrected chi connectivity index (χ2v) is 9.84. The SMILES string of the molecule is CCC(CC)(Pc1c(C)cccc1C(C)=O)c1cccc(Cc2ccccc2)c1OC. The van der Waals surface area contributed by atoms with Gasteiger partial charge in [-0.25, -0.2) is 0 Å². The Hall–Kier alpha value is -2.44. The van der Waals surface area contributed by atoms with E-state index in [1.807, 2.05) is 18.2 Å². The summed E-state index contributed by atoms with van der Waals surface area (Å²) >= 11 is 0. The van der Waals surface area contributed by atoms with E-state index in [-0.39, 0.29) is 10.9 Å². The summed E-state index contributed by atoms with van der Waals surface area (Å²) in [6, 6.07) is 23.2. The molecule has 0 aliphatic heterocycles. The first-order chi connectivity index (χ1) is 15.0. The molecule has 3 rings (SSSR count). The highest BCUT2D eigenvalue weighted by Crippen LogP contribution is 2.51. The molecule has 1 unspecified atom stereocenters. The van der Waals surface area contributed by atoms with E-state index < -0.39 is 0 Å². The van der Waals surface area contributed by atoms with E-state index in [0.717, 1.165) is 30.6 Å². The van der Waals surface area contributed by atoms with Gasteiger partial charge in [0.05, 0.1) is 7.11 Å². The Morgan fingerprint density at radius 2 is 1.61 bits per heavy atom. The maximum absolute atomic E-state index is 12.4. The van der Waals surface area contributed by atoms with Gasteiger partial charge in [0.15, 0.2) is 5.78 Å². The van der Waals surface area contributed by atoms with Crippen molar-refractivity contribution < 1.29 is 9.53 Å². The van der Waals surface area contributed by atoms with Gasteiger partial charge in [-0.05, 0) is 48.7 Å². The van der Waals surface area contributed by atoms with E-state index in [1.54, 1.807) is 14.0 Å². The van der Waals surface area contributed by atoms with Gasteiger partial charge in [0, 0.05) is 22.7 Å². The highest BCUT2D eigenvalue weighted by Gasteiger charge is 2.34. The van der Waals surface area contributed by atoms with Crippen LogP contribution in [-0.4, -0.2) is 12.9 Å². The van der Waals surface area contributed by atoms with E-state index >= 15 is 0 Å². The quantitative estimate of drug-likeness (QED) is 0.274. The molecule has 3 aromatic carbocycles. The van der Waals surface area contributed by atoms with Crippen molar-refractivity contribution in [2.24, 2.45) is 0 Å². The molecule has 0 radical (unpaired) electrons. The molecule has 0 fully saturated rings. The van der Waals surface area contributed by atoms with E-state index in [1.165, 1.54) is 27.6 Å². The van der Waals surface area contributed by atoms with Gasteiger partial charge in [0.25, 0.3) is 0 Å². The first-order valence-electron chi connectivity index (χ1n) is 11.0. The van der Waals surface area contributed by atoms with Crippen molar-refractivity contribution in [2.75, 3.05) is 7.11 Å². The van der Waals surface area contributed by atoms with E-state index in [4.69, 9.17) is 4.74 Å². The fourth-order valence-corrected chi connectivity index (χ4v) is 6.24. The van der Waals surface area contributed by atoms with Crippen LogP contribution in [-0.2, 0) is 11.6 Å². The Labute approximate surface area is 188 Å². The smallest absolute Gasteiger partial charge is 0.160 e. The highest BCUT2D eigenvalue weighted by molar-refractivity contribution is 7.49. The summed E-state index contributed by atoms with van der Waals surface area (Å²) in [7, 11) is 2.28. The predicted molar refractivity (Wildman–Crippen MR) is 134 cm³/mol. The van der Waals surface area contributed by atoms with Gasteiger partial charge in [-0.15, -0.1) is 0 Å². The normalized spacial score (nSPS) is 11.8.